The Kier molecular flexibility index (Phi) is 3.37. The molecule has 19 heavy (non-hydrogen) atoms. The number of carbonyl (C=O) groups excluding carboxylic acids is 1. The van der Waals surface area contributed by atoms with E-state index in [1.807, 2.05) is 11.8 Å². The van der Waals surface area contributed by atoms with Gasteiger partial charge in [0.1, 0.15) is 6.17 Å². The van der Waals surface area contributed by atoms with Gasteiger partial charge in [0.15, 0.2) is 0 Å². The fourth-order valence-electron chi connectivity index (χ4n) is 2.97. The second-order valence-corrected chi connectivity index (χ2v) is 6.50. The molecule has 3 unspecified atom stereocenters. The molecule has 4 nitrogen and oxygen atoms in total. The van der Waals surface area contributed by atoms with E-state index in [1.54, 1.807) is 11.3 Å². The molecule has 1 amide bonds. The first-order valence-corrected chi connectivity index (χ1v) is 7.76. The average molecular weight is 280 g/mol. The third-order valence-corrected chi connectivity index (χ3v) is 4.74. The van der Waals surface area contributed by atoms with Gasteiger partial charge in [0.25, 0.3) is 0 Å². The zero-order chi connectivity index (χ0) is 13.5. The molecule has 0 saturated carbocycles. The molecule has 1 aromatic rings. The van der Waals surface area contributed by atoms with Crippen LogP contribution < -0.4 is 5.32 Å². The fourth-order valence-corrected chi connectivity index (χ4v) is 3.65. The predicted molar refractivity (Wildman–Crippen MR) is 75.0 cm³/mol. The van der Waals surface area contributed by atoms with E-state index in [9.17, 15) is 4.79 Å². The molecule has 2 fully saturated rings. The highest BCUT2D eigenvalue weighted by Gasteiger charge is 2.42. The van der Waals surface area contributed by atoms with E-state index < -0.39 is 0 Å². The maximum absolute atomic E-state index is 12.4. The molecule has 0 bridgehead atoms. The smallest absolute Gasteiger partial charge is 0.241 e. The van der Waals surface area contributed by atoms with Gasteiger partial charge in [-0.1, -0.05) is 0 Å². The normalized spacial score (nSPS) is 35.3. The molecule has 5 heteroatoms. The van der Waals surface area contributed by atoms with Crippen molar-refractivity contribution in [1.29, 1.82) is 0 Å². The Balaban J connectivity index is 1.81. The summed E-state index contributed by atoms with van der Waals surface area (Å²) >= 11 is 1.66. The van der Waals surface area contributed by atoms with Crippen LogP contribution in [0.1, 0.15) is 38.4 Å². The standard InChI is InChI=1S/C14H20N2O2S/c1-10-13(17)16(9-14(2)5-3-6-18-14)12(15-10)11-4-7-19-8-11/h4,7-8,10,12,15H,3,5-6,9H2,1-2H3. The van der Waals surface area contributed by atoms with Crippen molar-refractivity contribution in [2.45, 2.75) is 44.5 Å². The number of hydrogen-bond acceptors (Lipinski definition) is 4. The first-order chi connectivity index (χ1) is 9.09. The van der Waals surface area contributed by atoms with E-state index in [0.717, 1.165) is 19.4 Å². The molecule has 3 heterocycles. The van der Waals surface area contributed by atoms with E-state index in [4.69, 9.17) is 4.74 Å². The molecule has 0 spiro atoms. The van der Waals surface area contributed by atoms with Crippen molar-refractivity contribution in [2.75, 3.05) is 13.2 Å². The Hall–Kier alpha value is -0.910. The van der Waals surface area contributed by atoms with Gasteiger partial charge >= 0.3 is 0 Å². The largest absolute Gasteiger partial charge is 0.373 e. The molecule has 3 rings (SSSR count). The SMILES string of the molecule is CC1NC(c2ccsc2)N(CC2(C)CCCO2)C1=O. The molecule has 0 aromatic carbocycles. The summed E-state index contributed by atoms with van der Waals surface area (Å²) in [7, 11) is 0. The maximum Gasteiger partial charge on any atom is 0.241 e. The summed E-state index contributed by atoms with van der Waals surface area (Å²) in [6, 6.07) is 1.97. The lowest BCUT2D eigenvalue weighted by Crippen LogP contribution is -2.43. The lowest BCUT2D eigenvalue weighted by atomic mass is 10.0. The Morgan fingerprint density at radius 2 is 2.47 bits per heavy atom. The third kappa shape index (κ3) is 2.42. The van der Waals surface area contributed by atoms with E-state index in [2.05, 4.69) is 29.1 Å². The van der Waals surface area contributed by atoms with Gasteiger partial charge in [0, 0.05) is 6.61 Å². The van der Waals surface area contributed by atoms with Crippen LogP contribution in [-0.4, -0.2) is 35.6 Å². The first-order valence-electron chi connectivity index (χ1n) is 6.82. The highest BCUT2D eigenvalue weighted by Crippen LogP contribution is 2.32. The Bertz CT molecular complexity index is 454. The Morgan fingerprint density at radius 1 is 1.63 bits per heavy atom. The van der Waals surface area contributed by atoms with Crippen LogP contribution in [0.2, 0.25) is 0 Å². The van der Waals surface area contributed by atoms with E-state index in [1.165, 1.54) is 5.56 Å². The summed E-state index contributed by atoms with van der Waals surface area (Å²) < 4.78 is 5.83. The van der Waals surface area contributed by atoms with Gasteiger partial charge in [-0.05, 0) is 49.1 Å². The van der Waals surface area contributed by atoms with Crippen molar-refractivity contribution < 1.29 is 9.53 Å². The summed E-state index contributed by atoms with van der Waals surface area (Å²) in [6.45, 7) is 5.52. The molecule has 104 valence electrons. The van der Waals surface area contributed by atoms with Gasteiger partial charge in [-0.15, -0.1) is 0 Å². The monoisotopic (exact) mass is 280 g/mol. The number of ether oxygens (including phenoxy) is 1. The molecule has 0 aliphatic carbocycles. The average Bonchev–Trinajstić information content (AvgIpc) is 3.08. The Morgan fingerprint density at radius 3 is 3.11 bits per heavy atom. The number of nitrogens with zero attached hydrogens (tertiary/aromatic N) is 1. The molecule has 2 aliphatic heterocycles. The molecule has 2 aliphatic rings. The van der Waals surface area contributed by atoms with E-state index in [0.29, 0.717) is 6.54 Å². The molecular weight excluding hydrogens is 260 g/mol. The lowest BCUT2D eigenvalue weighted by molar-refractivity contribution is -0.133. The molecule has 0 radical (unpaired) electrons. The highest BCUT2D eigenvalue weighted by atomic mass is 32.1. The van der Waals surface area contributed by atoms with Gasteiger partial charge in [0.2, 0.25) is 5.91 Å². The molecule has 1 aromatic heterocycles. The minimum atomic E-state index is -0.185. The van der Waals surface area contributed by atoms with Crippen LogP contribution >= 0.6 is 11.3 Å². The van der Waals surface area contributed by atoms with Crippen molar-refractivity contribution in [3.63, 3.8) is 0 Å². The number of carbonyl (C=O) groups is 1. The van der Waals surface area contributed by atoms with Crippen LogP contribution in [0.3, 0.4) is 0 Å². The van der Waals surface area contributed by atoms with Gasteiger partial charge in [0.05, 0.1) is 18.2 Å². The zero-order valence-electron chi connectivity index (χ0n) is 11.4. The van der Waals surface area contributed by atoms with Crippen molar-refractivity contribution in [2.24, 2.45) is 0 Å². The molecule has 2 saturated heterocycles. The molecule has 3 atom stereocenters. The van der Waals surface area contributed by atoms with Gasteiger partial charge < -0.3 is 9.64 Å². The highest BCUT2D eigenvalue weighted by molar-refractivity contribution is 7.07. The number of thiophene rings is 1. The van der Waals surface area contributed by atoms with Crippen LogP contribution in [0.5, 0.6) is 0 Å². The Labute approximate surface area is 117 Å². The predicted octanol–water partition coefficient (Wildman–Crippen LogP) is 2.14. The lowest BCUT2D eigenvalue weighted by Gasteiger charge is -2.32. The minimum absolute atomic E-state index is 0.00484. The summed E-state index contributed by atoms with van der Waals surface area (Å²) in [5.41, 5.74) is 0.986. The third-order valence-electron chi connectivity index (χ3n) is 4.04. The first kappa shape index (κ1) is 13.1. The number of amides is 1. The van der Waals surface area contributed by atoms with E-state index >= 15 is 0 Å². The van der Waals surface area contributed by atoms with Crippen molar-refractivity contribution in [1.82, 2.24) is 10.2 Å². The second-order valence-electron chi connectivity index (χ2n) is 5.72. The van der Waals surface area contributed by atoms with Crippen LogP contribution in [-0.2, 0) is 9.53 Å². The zero-order valence-corrected chi connectivity index (χ0v) is 12.2. The summed E-state index contributed by atoms with van der Waals surface area (Å²) in [6.07, 6.45) is 2.11. The van der Waals surface area contributed by atoms with Gasteiger partial charge in [-0.2, -0.15) is 11.3 Å². The van der Waals surface area contributed by atoms with Gasteiger partial charge in [-0.3, -0.25) is 10.1 Å². The maximum atomic E-state index is 12.4. The van der Waals surface area contributed by atoms with E-state index in [-0.39, 0.29) is 23.7 Å². The van der Waals surface area contributed by atoms with Crippen molar-refractivity contribution >= 4 is 17.2 Å². The summed E-state index contributed by atoms with van der Waals surface area (Å²) in [5.74, 6) is 0.174. The van der Waals surface area contributed by atoms with Crippen LogP contribution in [0.15, 0.2) is 16.8 Å². The number of hydrogen-bond donors (Lipinski definition) is 1. The minimum Gasteiger partial charge on any atom is -0.373 e. The van der Waals surface area contributed by atoms with Crippen LogP contribution in [0.4, 0.5) is 0 Å². The van der Waals surface area contributed by atoms with Gasteiger partial charge in [-0.25, -0.2) is 0 Å². The fraction of sp³-hybridized carbons (Fsp3) is 0.643. The summed E-state index contributed by atoms with van der Waals surface area (Å²) in [5, 5.41) is 7.53. The molecular formula is C14H20N2O2S. The van der Waals surface area contributed by atoms with Crippen LogP contribution in [0, 0.1) is 0 Å². The summed E-state index contributed by atoms with van der Waals surface area (Å²) in [4.78, 5) is 14.3. The topological polar surface area (TPSA) is 41.6 Å². The quantitative estimate of drug-likeness (QED) is 0.922. The molecule has 1 N–H and O–H groups in total. The number of nitrogens with one attached hydrogen (secondary N) is 1. The van der Waals surface area contributed by atoms with Crippen molar-refractivity contribution in [3.05, 3.63) is 22.4 Å². The second kappa shape index (κ2) is 4.89. The van der Waals surface area contributed by atoms with Crippen molar-refractivity contribution in [3.8, 4) is 0 Å². The number of rotatable bonds is 3. The van der Waals surface area contributed by atoms with Crippen LogP contribution in [0.25, 0.3) is 0 Å².